The third-order valence-electron chi connectivity index (χ3n) is 2.74. The van der Waals surface area contributed by atoms with Gasteiger partial charge in [0.2, 0.25) is 0 Å². The molecule has 0 amide bonds. The van der Waals surface area contributed by atoms with E-state index in [0.29, 0.717) is 11.2 Å². The summed E-state index contributed by atoms with van der Waals surface area (Å²) in [5.74, 6) is 1.47. The van der Waals surface area contributed by atoms with Crippen LogP contribution in [0.1, 0.15) is 5.56 Å². The molecule has 2 N–H and O–H groups in total. The second-order valence-electron chi connectivity index (χ2n) is 4.05. The Morgan fingerprint density at radius 1 is 1.11 bits per heavy atom. The van der Waals surface area contributed by atoms with E-state index in [0.717, 1.165) is 11.3 Å². The highest BCUT2D eigenvalue weighted by Crippen LogP contribution is 2.27. The van der Waals surface area contributed by atoms with Crippen LogP contribution < -0.4 is 10.2 Å². The van der Waals surface area contributed by atoms with Crippen LogP contribution in [0.2, 0.25) is 0 Å². The van der Waals surface area contributed by atoms with Crippen molar-refractivity contribution in [2.45, 2.75) is 10.6 Å². The molecule has 0 spiro atoms. The minimum absolute atomic E-state index is 0.476. The van der Waals surface area contributed by atoms with Gasteiger partial charge in [-0.1, -0.05) is 30.3 Å². The number of rotatable bonds is 5. The Morgan fingerprint density at radius 2 is 1.84 bits per heavy atom. The lowest BCUT2D eigenvalue weighted by atomic mass is 9.79. The van der Waals surface area contributed by atoms with Gasteiger partial charge >= 0.3 is 7.12 Å². The fraction of sp³-hybridized carbons (Fsp3) is 0.143. The number of methoxy groups -OCH3 is 1. The molecule has 19 heavy (non-hydrogen) atoms. The molecule has 0 unspecified atom stereocenters. The average molecular weight is 274 g/mol. The molecule has 3 nitrogen and oxygen atoms in total. The van der Waals surface area contributed by atoms with E-state index >= 15 is 0 Å². The molecule has 0 bridgehead atoms. The van der Waals surface area contributed by atoms with Gasteiger partial charge in [0, 0.05) is 16.2 Å². The summed E-state index contributed by atoms with van der Waals surface area (Å²) in [5, 5.41) is 18.4. The summed E-state index contributed by atoms with van der Waals surface area (Å²) in [6.45, 7) is 0. The normalized spacial score (nSPS) is 10.3. The first-order valence-electron chi connectivity index (χ1n) is 5.91. The van der Waals surface area contributed by atoms with E-state index in [2.05, 4.69) is 0 Å². The Kier molecular flexibility index (Phi) is 4.90. The van der Waals surface area contributed by atoms with Crippen molar-refractivity contribution in [3.63, 3.8) is 0 Å². The zero-order valence-electron chi connectivity index (χ0n) is 10.6. The van der Waals surface area contributed by atoms with E-state index in [1.54, 1.807) is 37.1 Å². The highest BCUT2D eigenvalue weighted by Gasteiger charge is 2.13. The van der Waals surface area contributed by atoms with Crippen LogP contribution in [-0.4, -0.2) is 24.3 Å². The molecule has 98 valence electrons. The van der Waals surface area contributed by atoms with Crippen LogP contribution in [0.4, 0.5) is 0 Å². The van der Waals surface area contributed by atoms with E-state index < -0.39 is 7.12 Å². The molecule has 0 aliphatic heterocycles. The van der Waals surface area contributed by atoms with E-state index in [-0.39, 0.29) is 0 Å². The first kappa shape index (κ1) is 14.0. The fourth-order valence-electron chi connectivity index (χ4n) is 1.75. The summed E-state index contributed by atoms with van der Waals surface area (Å²) in [4.78, 5) is 1.17. The van der Waals surface area contributed by atoms with Crippen molar-refractivity contribution < 1.29 is 14.8 Å². The molecule has 0 saturated heterocycles. The maximum absolute atomic E-state index is 9.20. The van der Waals surface area contributed by atoms with E-state index in [4.69, 9.17) is 4.74 Å². The van der Waals surface area contributed by atoms with Crippen LogP contribution in [-0.2, 0) is 5.75 Å². The SMILES string of the molecule is COc1ccc(B(O)O)cc1CSc1ccccc1. The van der Waals surface area contributed by atoms with Gasteiger partial charge in [-0.15, -0.1) is 11.8 Å². The molecule has 0 atom stereocenters. The van der Waals surface area contributed by atoms with Crippen molar-refractivity contribution in [1.29, 1.82) is 0 Å². The quantitative estimate of drug-likeness (QED) is 0.643. The molecule has 0 radical (unpaired) electrons. The summed E-state index contributed by atoms with van der Waals surface area (Å²) in [6.07, 6.45) is 0. The van der Waals surface area contributed by atoms with Gasteiger partial charge in [0.1, 0.15) is 5.75 Å². The largest absolute Gasteiger partial charge is 0.496 e. The zero-order chi connectivity index (χ0) is 13.7. The molecule has 0 heterocycles. The van der Waals surface area contributed by atoms with Crippen LogP contribution in [0.3, 0.4) is 0 Å². The lowest BCUT2D eigenvalue weighted by molar-refractivity contribution is 0.410. The maximum atomic E-state index is 9.20. The second kappa shape index (κ2) is 6.66. The van der Waals surface area contributed by atoms with E-state index in [1.807, 2.05) is 30.3 Å². The Labute approximate surface area is 117 Å². The molecule has 0 aromatic heterocycles. The monoisotopic (exact) mass is 274 g/mol. The topological polar surface area (TPSA) is 49.7 Å². The van der Waals surface area contributed by atoms with Gasteiger partial charge in [0.05, 0.1) is 7.11 Å². The van der Waals surface area contributed by atoms with Crippen LogP contribution in [0.5, 0.6) is 5.75 Å². The predicted molar refractivity (Wildman–Crippen MR) is 78.8 cm³/mol. The van der Waals surface area contributed by atoms with Crippen molar-refractivity contribution in [2.75, 3.05) is 7.11 Å². The molecule has 2 rings (SSSR count). The standard InChI is InChI=1S/C14H15BO3S/c1-18-14-8-7-12(15(16)17)9-11(14)10-19-13-5-3-2-4-6-13/h2-9,16-17H,10H2,1H3. The third-order valence-corrected chi connectivity index (χ3v) is 3.80. The third kappa shape index (κ3) is 3.77. The fourth-order valence-corrected chi connectivity index (χ4v) is 2.65. The highest BCUT2D eigenvalue weighted by atomic mass is 32.2. The van der Waals surface area contributed by atoms with Crippen molar-refractivity contribution in [2.24, 2.45) is 0 Å². The Hall–Kier alpha value is -1.43. The first-order valence-corrected chi connectivity index (χ1v) is 6.90. The summed E-state index contributed by atoms with van der Waals surface area (Å²) >= 11 is 1.68. The predicted octanol–water partition coefficient (Wildman–Crippen LogP) is 1.67. The molecular weight excluding hydrogens is 259 g/mol. The van der Waals surface area contributed by atoms with Crippen molar-refractivity contribution in [3.05, 3.63) is 54.1 Å². The number of hydrogen-bond acceptors (Lipinski definition) is 4. The minimum Gasteiger partial charge on any atom is -0.496 e. The number of thioether (sulfide) groups is 1. The van der Waals surface area contributed by atoms with Gasteiger partial charge in [0.15, 0.2) is 0 Å². The summed E-state index contributed by atoms with van der Waals surface area (Å²) in [5.41, 5.74) is 1.42. The number of ether oxygens (including phenoxy) is 1. The van der Waals surface area contributed by atoms with Gasteiger partial charge in [-0.25, -0.2) is 0 Å². The molecule has 0 aliphatic rings. The Morgan fingerprint density at radius 3 is 2.47 bits per heavy atom. The number of benzene rings is 2. The van der Waals surface area contributed by atoms with E-state index in [9.17, 15) is 10.0 Å². The van der Waals surface area contributed by atoms with Crippen molar-refractivity contribution in [3.8, 4) is 5.75 Å². The van der Waals surface area contributed by atoms with Gasteiger partial charge in [-0.3, -0.25) is 0 Å². The lowest BCUT2D eigenvalue weighted by Crippen LogP contribution is -2.30. The Bertz CT molecular complexity index is 531. The van der Waals surface area contributed by atoms with Crippen molar-refractivity contribution >= 4 is 24.3 Å². The van der Waals surface area contributed by atoms with Crippen LogP contribution in [0, 0.1) is 0 Å². The smallest absolute Gasteiger partial charge is 0.488 e. The molecule has 5 heteroatoms. The minimum atomic E-state index is -1.45. The van der Waals surface area contributed by atoms with Crippen LogP contribution in [0.25, 0.3) is 0 Å². The number of hydrogen-bond donors (Lipinski definition) is 2. The molecule has 0 saturated carbocycles. The van der Waals surface area contributed by atoms with Crippen LogP contribution in [0.15, 0.2) is 53.4 Å². The summed E-state index contributed by atoms with van der Waals surface area (Å²) in [7, 11) is 0.160. The average Bonchev–Trinajstić information content (AvgIpc) is 2.45. The van der Waals surface area contributed by atoms with Gasteiger partial charge in [-0.05, 0) is 23.7 Å². The van der Waals surface area contributed by atoms with Gasteiger partial charge < -0.3 is 14.8 Å². The van der Waals surface area contributed by atoms with Gasteiger partial charge in [0.25, 0.3) is 0 Å². The summed E-state index contributed by atoms with van der Waals surface area (Å²) < 4.78 is 5.29. The van der Waals surface area contributed by atoms with Crippen LogP contribution >= 0.6 is 11.8 Å². The molecule has 2 aromatic rings. The first-order chi connectivity index (χ1) is 9.20. The van der Waals surface area contributed by atoms with Crippen molar-refractivity contribution in [1.82, 2.24) is 0 Å². The maximum Gasteiger partial charge on any atom is 0.488 e. The molecule has 0 fully saturated rings. The van der Waals surface area contributed by atoms with E-state index in [1.165, 1.54) is 4.90 Å². The zero-order valence-corrected chi connectivity index (χ0v) is 11.4. The molecular formula is C14H15BO3S. The molecule has 0 aliphatic carbocycles. The van der Waals surface area contributed by atoms with Gasteiger partial charge in [-0.2, -0.15) is 0 Å². The summed E-state index contributed by atoms with van der Waals surface area (Å²) in [6, 6.07) is 15.2. The molecule has 2 aromatic carbocycles. The Balaban J connectivity index is 2.16. The lowest BCUT2D eigenvalue weighted by Gasteiger charge is -2.10. The second-order valence-corrected chi connectivity index (χ2v) is 5.10. The highest BCUT2D eigenvalue weighted by molar-refractivity contribution is 7.98.